The Labute approximate surface area is 103 Å². The van der Waals surface area contributed by atoms with Crippen molar-refractivity contribution >= 4 is 5.91 Å². The van der Waals surface area contributed by atoms with Crippen molar-refractivity contribution in [3.8, 4) is 0 Å². The van der Waals surface area contributed by atoms with E-state index in [2.05, 4.69) is 12.2 Å². The second-order valence-corrected chi connectivity index (χ2v) is 4.31. The van der Waals surface area contributed by atoms with Gasteiger partial charge in [-0.2, -0.15) is 0 Å². The predicted octanol–water partition coefficient (Wildman–Crippen LogP) is 1.86. The lowest BCUT2D eigenvalue weighted by molar-refractivity contribution is -0.120. The first kappa shape index (κ1) is 13.7. The number of carbonyl (C=O) groups is 1. The first-order chi connectivity index (χ1) is 8.24. The van der Waals surface area contributed by atoms with Crippen LogP contribution in [0.4, 0.5) is 0 Å². The van der Waals surface area contributed by atoms with E-state index in [1.807, 2.05) is 30.3 Å². The molecule has 0 radical (unpaired) electrons. The summed E-state index contributed by atoms with van der Waals surface area (Å²) in [6, 6.07) is 9.70. The van der Waals surface area contributed by atoms with E-state index in [1.165, 1.54) is 12.8 Å². The van der Waals surface area contributed by atoms with Gasteiger partial charge in [-0.25, -0.2) is 0 Å². The number of nitrogens with one attached hydrogen (secondary N) is 1. The molecule has 1 aromatic carbocycles. The SMILES string of the molecule is CCCCCNC(Cc1ccccc1)C(N)=O. The van der Waals surface area contributed by atoms with Crippen LogP contribution in [-0.4, -0.2) is 18.5 Å². The van der Waals surface area contributed by atoms with Crippen LogP contribution in [0.5, 0.6) is 0 Å². The standard InChI is InChI=1S/C14H22N2O/c1-2-3-7-10-16-13(14(15)17)11-12-8-5-4-6-9-12/h4-6,8-9,13,16H,2-3,7,10-11H2,1H3,(H2,15,17). The Balaban J connectivity index is 2.41. The largest absolute Gasteiger partial charge is 0.368 e. The number of carbonyl (C=O) groups excluding carboxylic acids is 1. The van der Waals surface area contributed by atoms with Gasteiger partial charge in [-0.1, -0.05) is 50.1 Å². The van der Waals surface area contributed by atoms with E-state index in [0.717, 1.165) is 18.5 Å². The summed E-state index contributed by atoms with van der Waals surface area (Å²) in [6.07, 6.45) is 4.13. The monoisotopic (exact) mass is 234 g/mol. The van der Waals surface area contributed by atoms with E-state index < -0.39 is 0 Å². The van der Waals surface area contributed by atoms with Crippen LogP contribution in [0.2, 0.25) is 0 Å². The molecule has 0 aliphatic rings. The van der Waals surface area contributed by atoms with Crippen LogP contribution in [-0.2, 0) is 11.2 Å². The molecule has 0 bridgehead atoms. The third-order valence-electron chi connectivity index (χ3n) is 2.80. The van der Waals surface area contributed by atoms with Crippen molar-refractivity contribution in [2.24, 2.45) is 5.73 Å². The Hall–Kier alpha value is -1.35. The van der Waals surface area contributed by atoms with E-state index in [0.29, 0.717) is 6.42 Å². The van der Waals surface area contributed by atoms with Gasteiger partial charge in [-0.05, 0) is 24.9 Å². The van der Waals surface area contributed by atoms with Crippen molar-refractivity contribution in [3.05, 3.63) is 35.9 Å². The minimum absolute atomic E-state index is 0.255. The first-order valence-corrected chi connectivity index (χ1v) is 6.30. The maximum Gasteiger partial charge on any atom is 0.234 e. The summed E-state index contributed by atoms with van der Waals surface area (Å²) in [5, 5.41) is 3.23. The van der Waals surface area contributed by atoms with Crippen molar-refractivity contribution in [3.63, 3.8) is 0 Å². The first-order valence-electron chi connectivity index (χ1n) is 6.30. The molecule has 0 aliphatic carbocycles. The number of benzene rings is 1. The highest BCUT2D eigenvalue weighted by Crippen LogP contribution is 2.03. The summed E-state index contributed by atoms with van der Waals surface area (Å²) in [7, 11) is 0. The van der Waals surface area contributed by atoms with Gasteiger partial charge in [0, 0.05) is 0 Å². The van der Waals surface area contributed by atoms with Crippen molar-refractivity contribution in [1.82, 2.24) is 5.32 Å². The summed E-state index contributed by atoms with van der Waals surface area (Å²) in [5.41, 5.74) is 6.54. The van der Waals surface area contributed by atoms with Crippen LogP contribution in [0, 0.1) is 0 Å². The lowest BCUT2D eigenvalue weighted by Gasteiger charge is -2.15. The van der Waals surface area contributed by atoms with Crippen LogP contribution in [0.15, 0.2) is 30.3 Å². The number of hydrogen-bond donors (Lipinski definition) is 2. The number of amides is 1. The third-order valence-corrected chi connectivity index (χ3v) is 2.80. The Morgan fingerprint density at radius 2 is 2.00 bits per heavy atom. The number of unbranched alkanes of at least 4 members (excludes halogenated alkanes) is 2. The zero-order valence-corrected chi connectivity index (χ0v) is 10.5. The Bertz CT molecular complexity index is 324. The Morgan fingerprint density at radius 1 is 1.29 bits per heavy atom. The van der Waals surface area contributed by atoms with E-state index >= 15 is 0 Å². The van der Waals surface area contributed by atoms with Crippen molar-refractivity contribution in [1.29, 1.82) is 0 Å². The average Bonchev–Trinajstić information content (AvgIpc) is 2.34. The van der Waals surface area contributed by atoms with Gasteiger partial charge in [0.15, 0.2) is 0 Å². The van der Waals surface area contributed by atoms with Crippen LogP contribution in [0.25, 0.3) is 0 Å². The molecule has 0 spiro atoms. The van der Waals surface area contributed by atoms with Gasteiger partial charge in [-0.3, -0.25) is 4.79 Å². The zero-order valence-electron chi connectivity index (χ0n) is 10.5. The molecule has 1 rings (SSSR count). The van der Waals surface area contributed by atoms with Crippen molar-refractivity contribution < 1.29 is 4.79 Å². The molecule has 3 nitrogen and oxygen atoms in total. The fraction of sp³-hybridized carbons (Fsp3) is 0.500. The van der Waals surface area contributed by atoms with Gasteiger partial charge in [0.2, 0.25) is 5.91 Å². The van der Waals surface area contributed by atoms with Gasteiger partial charge in [0.25, 0.3) is 0 Å². The molecule has 3 heteroatoms. The van der Waals surface area contributed by atoms with Crippen LogP contribution >= 0.6 is 0 Å². The maximum absolute atomic E-state index is 11.3. The highest BCUT2D eigenvalue weighted by Gasteiger charge is 2.14. The molecule has 1 atom stereocenters. The molecule has 0 aromatic heterocycles. The second-order valence-electron chi connectivity index (χ2n) is 4.31. The van der Waals surface area contributed by atoms with Gasteiger partial charge in [0.1, 0.15) is 0 Å². The molecule has 0 fully saturated rings. The quantitative estimate of drug-likeness (QED) is 0.675. The fourth-order valence-corrected chi connectivity index (χ4v) is 1.77. The summed E-state index contributed by atoms with van der Waals surface area (Å²) in [4.78, 5) is 11.3. The summed E-state index contributed by atoms with van der Waals surface area (Å²) >= 11 is 0. The molecular weight excluding hydrogens is 212 g/mol. The molecule has 94 valence electrons. The van der Waals surface area contributed by atoms with Gasteiger partial charge >= 0.3 is 0 Å². The summed E-state index contributed by atoms with van der Waals surface area (Å²) in [6.45, 7) is 3.02. The van der Waals surface area contributed by atoms with Crippen molar-refractivity contribution in [2.45, 2.75) is 38.6 Å². The lowest BCUT2D eigenvalue weighted by atomic mass is 10.1. The molecule has 0 heterocycles. The lowest BCUT2D eigenvalue weighted by Crippen LogP contribution is -2.43. The Kier molecular flexibility index (Phi) is 6.33. The smallest absolute Gasteiger partial charge is 0.234 e. The molecular formula is C14H22N2O. The van der Waals surface area contributed by atoms with Crippen LogP contribution in [0.1, 0.15) is 31.7 Å². The van der Waals surface area contributed by atoms with Gasteiger partial charge < -0.3 is 11.1 Å². The zero-order chi connectivity index (χ0) is 12.5. The van der Waals surface area contributed by atoms with E-state index in [4.69, 9.17) is 5.73 Å². The van der Waals surface area contributed by atoms with Crippen molar-refractivity contribution in [2.75, 3.05) is 6.54 Å². The normalized spacial score (nSPS) is 12.3. The number of rotatable bonds is 8. The highest BCUT2D eigenvalue weighted by atomic mass is 16.1. The van der Waals surface area contributed by atoms with Crippen LogP contribution in [0.3, 0.4) is 0 Å². The minimum Gasteiger partial charge on any atom is -0.368 e. The Morgan fingerprint density at radius 3 is 2.59 bits per heavy atom. The predicted molar refractivity (Wildman–Crippen MR) is 70.7 cm³/mol. The number of hydrogen-bond acceptors (Lipinski definition) is 2. The van der Waals surface area contributed by atoms with Gasteiger partial charge in [-0.15, -0.1) is 0 Å². The topological polar surface area (TPSA) is 55.1 Å². The van der Waals surface area contributed by atoms with E-state index in [1.54, 1.807) is 0 Å². The van der Waals surface area contributed by atoms with E-state index in [-0.39, 0.29) is 11.9 Å². The minimum atomic E-state index is -0.273. The van der Waals surface area contributed by atoms with Gasteiger partial charge in [0.05, 0.1) is 6.04 Å². The number of nitrogens with two attached hydrogens (primary N) is 1. The third kappa shape index (κ3) is 5.50. The second kappa shape index (κ2) is 7.85. The molecule has 0 saturated heterocycles. The molecule has 0 saturated carbocycles. The molecule has 0 aliphatic heterocycles. The fourth-order valence-electron chi connectivity index (χ4n) is 1.77. The molecule has 17 heavy (non-hydrogen) atoms. The van der Waals surface area contributed by atoms with E-state index in [9.17, 15) is 4.79 Å². The molecule has 1 unspecified atom stereocenters. The average molecular weight is 234 g/mol. The molecule has 3 N–H and O–H groups in total. The maximum atomic E-state index is 11.3. The highest BCUT2D eigenvalue weighted by molar-refractivity contribution is 5.80. The molecule has 1 aromatic rings. The van der Waals surface area contributed by atoms with Crippen LogP contribution < -0.4 is 11.1 Å². The summed E-state index contributed by atoms with van der Waals surface area (Å²) in [5.74, 6) is -0.273. The molecule has 1 amide bonds. The summed E-state index contributed by atoms with van der Waals surface area (Å²) < 4.78 is 0. The number of primary amides is 1.